The first-order valence-corrected chi connectivity index (χ1v) is 6.06. The molecule has 0 atom stereocenters. The molecule has 0 rings (SSSR count). The molecule has 0 aliphatic rings. The van der Waals surface area contributed by atoms with Gasteiger partial charge in [-0.1, -0.05) is 6.55 Å². The molecule has 0 aliphatic carbocycles. The Morgan fingerprint density at radius 1 is 1.57 bits per heavy atom. The highest BCUT2D eigenvalue weighted by Crippen LogP contribution is 2.01. The van der Waals surface area contributed by atoms with Crippen LogP contribution in [0.1, 0.15) is 6.42 Å². The minimum Gasteiger partial charge on any atom is -0.169 e. The molecule has 0 nitrogen and oxygen atoms in total. The summed E-state index contributed by atoms with van der Waals surface area (Å²) >= 11 is 11.1. The molecule has 1 radical (unpaired) electrons. The van der Waals surface area contributed by atoms with Crippen LogP contribution < -0.4 is 0 Å². The summed E-state index contributed by atoms with van der Waals surface area (Å²) in [6.07, 6.45) is 1.08. The second-order valence-electron chi connectivity index (χ2n) is 1.47. The Morgan fingerprint density at radius 3 is 2.29 bits per heavy atom. The number of hydrogen-bond acceptors (Lipinski definition) is 0. The van der Waals surface area contributed by atoms with E-state index < -0.39 is 8.11 Å². The van der Waals surface area contributed by atoms with Gasteiger partial charge in [-0.05, 0) is 12.5 Å². The van der Waals surface area contributed by atoms with Crippen LogP contribution in [0.5, 0.6) is 0 Å². The normalized spacial score (nSPS) is 10.3. The molecule has 3 heteroatoms. The third kappa shape index (κ3) is 6.80. The summed E-state index contributed by atoms with van der Waals surface area (Å²) in [6.45, 7) is 2.08. The second-order valence-corrected chi connectivity index (χ2v) is 5.63. The molecule has 0 amide bonds. The molecular formula is C4H9Cl2Si. The van der Waals surface area contributed by atoms with Gasteiger partial charge in [-0.3, -0.25) is 0 Å². The molecular weight excluding hydrogens is 147 g/mol. The van der Waals surface area contributed by atoms with E-state index in [4.69, 9.17) is 22.7 Å². The van der Waals surface area contributed by atoms with Crippen molar-refractivity contribution in [1.29, 1.82) is 0 Å². The van der Waals surface area contributed by atoms with Crippen molar-refractivity contribution in [1.82, 2.24) is 0 Å². The molecule has 0 saturated carbocycles. The van der Waals surface area contributed by atoms with Crippen molar-refractivity contribution in [2.45, 2.75) is 19.0 Å². The predicted octanol–water partition coefficient (Wildman–Crippen LogP) is 2.48. The fraction of sp³-hybridized carbons (Fsp3) is 1.00. The van der Waals surface area contributed by atoms with Gasteiger partial charge >= 0.3 is 0 Å². The lowest BCUT2D eigenvalue weighted by molar-refractivity contribution is 1.08. The number of halogens is 2. The van der Waals surface area contributed by atoms with Gasteiger partial charge in [0.1, 0.15) is 0 Å². The maximum absolute atomic E-state index is 5.70. The Bertz CT molecular complexity index is 38.7. The molecule has 0 heterocycles. The van der Waals surface area contributed by atoms with Crippen molar-refractivity contribution in [3.8, 4) is 0 Å². The lowest BCUT2D eigenvalue weighted by Crippen LogP contribution is -1.94. The average Bonchev–Trinajstić information content (AvgIpc) is 1.61. The Kier molecular flexibility index (Phi) is 5.51. The third-order valence-corrected chi connectivity index (χ3v) is 2.53. The number of hydrogen-bond donors (Lipinski definition) is 0. The lowest BCUT2D eigenvalue weighted by Gasteiger charge is -1.92. The molecule has 0 saturated heterocycles. The Labute approximate surface area is 56.1 Å². The van der Waals surface area contributed by atoms with E-state index in [2.05, 4.69) is 6.55 Å². The van der Waals surface area contributed by atoms with Gasteiger partial charge in [0.25, 0.3) is 0 Å². The van der Waals surface area contributed by atoms with Crippen molar-refractivity contribution >= 4 is 30.8 Å². The van der Waals surface area contributed by atoms with Crippen LogP contribution in [0.3, 0.4) is 0 Å². The molecule has 0 aromatic carbocycles. The quantitative estimate of drug-likeness (QED) is 0.334. The van der Waals surface area contributed by atoms with Gasteiger partial charge < -0.3 is 0 Å². The first-order valence-electron chi connectivity index (χ1n) is 2.31. The minimum atomic E-state index is -0.509. The molecule has 0 N–H and O–H groups in total. The van der Waals surface area contributed by atoms with Crippen LogP contribution in [0.15, 0.2) is 0 Å². The van der Waals surface area contributed by atoms with E-state index in [1.807, 2.05) is 0 Å². The van der Waals surface area contributed by atoms with Crippen LogP contribution in [0.25, 0.3) is 0 Å². The average molecular weight is 156 g/mol. The highest BCUT2D eigenvalue weighted by atomic mass is 35.6. The molecule has 0 spiro atoms. The molecule has 0 aromatic rings. The van der Waals surface area contributed by atoms with Crippen LogP contribution in [0.4, 0.5) is 0 Å². The summed E-state index contributed by atoms with van der Waals surface area (Å²) in [5, 5.41) is 0. The summed E-state index contributed by atoms with van der Waals surface area (Å²) < 4.78 is 0. The van der Waals surface area contributed by atoms with Crippen molar-refractivity contribution < 1.29 is 0 Å². The largest absolute Gasteiger partial charge is 0.169 e. The van der Waals surface area contributed by atoms with Crippen molar-refractivity contribution in [2.24, 2.45) is 0 Å². The first kappa shape index (κ1) is 7.80. The Morgan fingerprint density at radius 2 is 2.14 bits per heavy atom. The Balaban J connectivity index is 2.68. The topological polar surface area (TPSA) is 0 Å². The monoisotopic (exact) mass is 155 g/mol. The predicted molar refractivity (Wildman–Crippen MR) is 37.6 cm³/mol. The zero-order valence-corrected chi connectivity index (χ0v) is 6.89. The van der Waals surface area contributed by atoms with Gasteiger partial charge in [-0.25, -0.2) is 0 Å². The summed E-state index contributed by atoms with van der Waals surface area (Å²) in [7, 11) is -0.509. The SMILES string of the molecule is C[Si](Cl)CCCCl. The molecule has 0 aliphatic heterocycles. The van der Waals surface area contributed by atoms with Crippen LogP contribution in [-0.4, -0.2) is 14.0 Å². The summed E-state index contributed by atoms with van der Waals surface area (Å²) in [5.74, 6) is 0.759. The zero-order valence-electron chi connectivity index (χ0n) is 4.38. The van der Waals surface area contributed by atoms with E-state index in [-0.39, 0.29) is 0 Å². The molecule has 0 aromatic heterocycles. The van der Waals surface area contributed by atoms with E-state index in [0.717, 1.165) is 18.3 Å². The third-order valence-electron chi connectivity index (χ3n) is 0.655. The van der Waals surface area contributed by atoms with Gasteiger partial charge in [0.15, 0.2) is 8.11 Å². The van der Waals surface area contributed by atoms with E-state index in [9.17, 15) is 0 Å². The van der Waals surface area contributed by atoms with Gasteiger partial charge in [-0.15, -0.1) is 11.6 Å². The molecule has 43 valence electrons. The highest BCUT2D eigenvalue weighted by molar-refractivity contribution is 7.06. The summed E-state index contributed by atoms with van der Waals surface area (Å²) in [6, 6.07) is 1.13. The first-order chi connectivity index (χ1) is 3.27. The van der Waals surface area contributed by atoms with E-state index >= 15 is 0 Å². The van der Waals surface area contributed by atoms with E-state index in [0.29, 0.717) is 0 Å². The number of alkyl halides is 1. The van der Waals surface area contributed by atoms with Gasteiger partial charge in [0.2, 0.25) is 0 Å². The summed E-state index contributed by atoms with van der Waals surface area (Å²) in [4.78, 5) is 0. The van der Waals surface area contributed by atoms with Crippen molar-refractivity contribution in [2.75, 3.05) is 5.88 Å². The fourth-order valence-electron chi connectivity index (χ4n) is 0.310. The van der Waals surface area contributed by atoms with Crippen LogP contribution in [0.2, 0.25) is 12.6 Å². The number of rotatable bonds is 3. The molecule has 0 unspecified atom stereocenters. The lowest BCUT2D eigenvalue weighted by atomic mass is 10.6. The van der Waals surface area contributed by atoms with Gasteiger partial charge in [0, 0.05) is 5.88 Å². The van der Waals surface area contributed by atoms with Crippen molar-refractivity contribution in [3.05, 3.63) is 0 Å². The molecule has 7 heavy (non-hydrogen) atoms. The fourth-order valence-corrected chi connectivity index (χ4v) is 1.73. The molecule has 0 fully saturated rings. The van der Waals surface area contributed by atoms with Gasteiger partial charge in [0.05, 0.1) is 0 Å². The zero-order chi connectivity index (χ0) is 5.70. The van der Waals surface area contributed by atoms with Crippen LogP contribution in [0, 0.1) is 0 Å². The van der Waals surface area contributed by atoms with Crippen LogP contribution in [-0.2, 0) is 0 Å². The van der Waals surface area contributed by atoms with E-state index in [1.54, 1.807) is 0 Å². The highest BCUT2D eigenvalue weighted by Gasteiger charge is 1.95. The van der Waals surface area contributed by atoms with E-state index in [1.165, 1.54) is 0 Å². The maximum atomic E-state index is 5.70. The molecule has 0 bridgehead atoms. The summed E-state index contributed by atoms with van der Waals surface area (Å²) in [5.41, 5.74) is 0. The Hall–Kier alpha value is 0.797. The minimum absolute atomic E-state index is 0.509. The maximum Gasteiger partial charge on any atom is 0.162 e. The second kappa shape index (κ2) is 4.94. The van der Waals surface area contributed by atoms with Crippen LogP contribution >= 0.6 is 22.7 Å². The smallest absolute Gasteiger partial charge is 0.162 e. The van der Waals surface area contributed by atoms with Crippen molar-refractivity contribution in [3.63, 3.8) is 0 Å². The van der Waals surface area contributed by atoms with Gasteiger partial charge in [-0.2, -0.15) is 11.1 Å². The standard InChI is InChI=1S/C4H9Cl2Si/c1-7(6)4-2-3-5/h2-4H2,1H3.